The lowest BCUT2D eigenvalue weighted by Crippen LogP contribution is -2.14. The molecule has 0 spiro atoms. The smallest absolute Gasteiger partial charge is 0.184 e. The molecule has 124 valence electrons. The fourth-order valence-electron chi connectivity index (χ4n) is 2.57. The van der Waals surface area contributed by atoms with Crippen molar-refractivity contribution in [2.45, 2.75) is 0 Å². The summed E-state index contributed by atoms with van der Waals surface area (Å²) in [6, 6.07) is 11.1. The Kier molecular flexibility index (Phi) is 4.62. The monoisotopic (exact) mass is 344 g/mol. The Morgan fingerprint density at radius 3 is 2.67 bits per heavy atom. The molecular formula is C18H17ClN2O3. The summed E-state index contributed by atoms with van der Waals surface area (Å²) in [7, 11) is 3.08. The molecule has 2 N–H and O–H groups in total. The SMILES string of the molecule is COc1cc(NCC(=O)c2c[nH]c3ccccc23)c(OC)cc1Cl. The van der Waals surface area contributed by atoms with Crippen LogP contribution in [0.15, 0.2) is 42.6 Å². The molecule has 2 aromatic carbocycles. The van der Waals surface area contributed by atoms with Crippen LogP contribution in [0.1, 0.15) is 10.4 Å². The molecule has 0 saturated heterocycles. The summed E-state index contributed by atoms with van der Waals surface area (Å²) in [6.45, 7) is 0.128. The molecule has 0 aliphatic carbocycles. The second kappa shape index (κ2) is 6.84. The number of ether oxygens (including phenoxy) is 2. The van der Waals surface area contributed by atoms with Crippen molar-refractivity contribution in [2.24, 2.45) is 0 Å². The van der Waals surface area contributed by atoms with Gasteiger partial charge in [0.25, 0.3) is 0 Å². The molecule has 0 saturated carbocycles. The molecule has 0 fully saturated rings. The number of ketones is 1. The standard InChI is InChI=1S/C18H17ClN2O3/c1-23-17-8-15(18(24-2)7-13(17)19)21-10-16(22)12-9-20-14-6-4-3-5-11(12)14/h3-9,20-21H,10H2,1-2H3. The van der Waals surface area contributed by atoms with Crippen molar-refractivity contribution in [3.05, 3.63) is 53.2 Å². The zero-order chi connectivity index (χ0) is 17.1. The van der Waals surface area contributed by atoms with Gasteiger partial charge in [0.1, 0.15) is 11.5 Å². The summed E-state index contributed by atoms with van der Waals surface area (Å²) in [4.78, 5) is 15.6. The van der Waals surface area contributed by atoms with E-state index in [4.69, 9.17) is 21.1 Å². The van der Waals surface area contributed by atoms with Crippen molar-refractivity contribution in [1.82, 2.24) is 4.98 Å². The van der Waals surface area contributed by atoms with Gasteiger partial charge in [-0.2, -0.15) is 0 Å². The maximum Gasteiger partial charge on any atom is 0.184 e. The predicted molar refractivity (Wildman–Crippen MR) is 95.7 cm³/mol. The van der Waals surface area contributed by atoms with E-state index in [0.29, 0.717) is 27.8 Å². The maximum atomic E-state index is 12.5. The van der Waals surface area contributed by atoms with Gasteiger partial charge in [0.15, 0.2) is 5.78 Å². The van der Waals surface area contributed by atoms with Crippen LogP contribution in [-0.2, 0) is 0 Å². The minimum Gasteiger partial charge on any atom is -0.495 e. The van der Waals surface area contributed by atoms with Crippen molar-refractivity contribution in [2.75, 3.05) is 26.1 Å². The molecule has 3 rings (SSSR count). The molecule has 0 bridgehead atoms. The van der Waals surface area contributed by atoms with Gasteiger partial charge in [-0.05, 0) is 6.07 Å². The van der Waals surface area contributed by atoms with Crippen LogP contribution >= 0.6 is 11.6 Å². The summed E-state index contributed by atoms with van der Waals surface area (Å²) >= 11 is 6.09. The second-order valence-corrected chi connectivity index (χ2v) is 5.62. The highest BCUT2D eigenvalue weighted by atomic mass is 35.5. The highest BCUT2D eigenvalue weighted by Crippen LogP contribution is 2.35. The third-order valence-electron chi connectivity index (χ3n) is 3.80. The van der Waals surface area contributed by atoms with Crippen molar-refractivity contribution >= 4 is 34.0 Å². The highest BCUT2D eigenvalue weighted by molar-refractivity contribution is 6.32. The van der Waals surface area contributed by atoms with E-state index in [9.17, 15) is 4.79 Å². The van der Waals surface area contributed by atoms with Crippen LogP contribution in [0.3, 0.4) is 0 Å². The molecule has 3 aromatic rings. The van der Waals surface area contributed by atoms with E-state index in [1.807, 2.05) is 24.3 Å². The van der Waals surface area contributed by atoms with Crippen LogP contribution in [0, 0.1) is 0 Å². The quantitative estimate of drug-likeness (QED) is 0.660. The number of para-hydroxylation sites is 1. The number of halogens is 1. The largest absolute Gasteiger partial charge is 0.495 e. The zero-order valence-electron chi connectivity index (χ0n) is 13.4. The van der Waals surface area contributed by atoms with Crippen molar-refractivity contribution in [3.63, 3.8) is 0 Å². The number of benzene rings is 2. The summed E-state index contributed by atoms with van der Waals surface area (Å²) in [5, 5.41) is 4.45. The molecule has 0 atom stereocenters. The van der Waals surface area contributed by atoms with E-state index >= 15 is 0 Å². The van der Waals surface area contributed by atoms with Gasteiger partial charge in [0.2, 0.25) is 0 Å². The molecule has 6 heteroatoms. The lowest BCUT2D eigenvalue weighted by molar-refractivity contribution is 0.101. The Morgan fingerprint density at radius 1 is 1.17 bits per heavy atom. The van der Waals surface area contributed by atoms with E-state index in [2.05, 4.69) is 10.3 Å². The number of anilines is 1. The molecule has 0 aliphatic rings. The van der Waals surface area contributed by atoms with Gasteiger partial charge in [-0.3, -0.25) is 4.79 Å². The number of methoxy groups -OCH3 is 2. The number of nitrogens with one attached hydrogen (secondary N) is 2. The summed E-state index contributed by atoms with van der Waals surface area (Å²) in [6.07, 6.45) is 1.73. The van der Waals surface area contributed by atoms with E-state index in [1.165, 1.54) is 7.11 Å². The van der Waals surface area contributed by atoms with Crippen LogP contribution in [-0.4, -0.2) is 31.5 Å². The molecule has 0 amide bonds. The second-order valence-electron chi connectivity index (χ2n) is 5.21. The normalized spacial score (nSPS) is 10.6. The van der Waals surface area contributed by atoms with Gasteiger partial charge in [0.05, 0.1) is 31.5 Å². The maximum absolute atomic E-state index is 12.5. The van der Waals surface area contributed by atoms with Crippen LogP contribution in [0.2, 0.25) is 5.02 Å². The number of Topliss-reactive ketones (excluding diaryl/α,β-unsaturated/α-hetero) is 1. The van der Waals surface area contributed by atoms with Crippen molar-refractivity contribution < 1.29 is 14.3 Å². The summed E-state index contributed by atoms with van der Waals surface area (Å²) in [5.74, 6) is 1.04. The number of fused-ring (bicyclic) bond motifs is 1. The number of hydrogen-bond donors (Lipinski definition) is 2. The third kappa shape index (κ3) is 3.03. The first-order valence-corrected chi connectivity index (χ1v) is 7.76. The third-order valence-corrected chi connectivity index (χ3v) is 4.10. The average Bonchev–Trinajstić information content (AvgIpc) is 3.04. The highest BCUT2D eigenvalue weighted by Gasteiger charge is 2.14. The van der Waals surface area contributed by atoms with Crippen LogP contribution in [0.5, 0.6) is 11.5 Å². The Balaban J connectivity index is 1.81. The number of aromatic nitrogens is 1. The molecule has 0 radical (unpaired) electrons. The first-order chi connectivity index (χ1) is 11.6. The lowest BCUT2D eigenvalue weighted by atomic mass is 10.1. The number of carbonyl (C=O) groups is 1. The van der Waals surface area contributed by atoms with Gasteiger partial charge < -0.3 is 19.8 Å². The number of rotatable bonds is 6. The van der Waals surface area contributed by atoms with Gasteiger partial charge >= 0.3 is 0 Å². The lowest BCUT2D eigenvalue weighted by Gasteiger charge is -2.13. The van der Waals surface area contributed by atoms with Crippen LogP contribution in [0.4, 0.5) is 5.69 Å². The molecule has 1 aromatic heterocycles. The van der Waals surface area contributed by atoms with E-state index < -0.39 is 0 Å². The topological polar surface area (TPSA) is 63.3 Å². The minimum atomic E-state index is -0.0246. The Bertz CT molecular complexity index is 889. The van der Waals surface area contributed by atoms with Crippen LogP contribution in [0.25, 0.3) is 10.9 Å². The fraction of sp³-hybridized carbons (Fsp3) is 0.167. The number of hydrogen-bond acceptors (Lipinski definition) is 4. The summed E-state index contributed by atoms with van der Waals surface area (Å²) < 4.78 is 10.5. The molecule has 5 nitrogen and oxygen atoms in total. The first kappa shape index (κ1) is 16.2. The van der Waals surface area contributed by atoms with Crippen molar-refractivity contribution in [1.29, 1.82) is 0 Å². The molecule has 0 aliphatic heterocycles. The van der Waals surface area contributed by atoms with Gasteiger partial charge in [-0.1, -0.05) is 29.8 Å². The Hall–Kier alpha value is -2.66. The predicted octanol–water partition coefficient (Wildman–Crippen LogP) is 4.13. The van der Waals surface area contributed by atoms with Crippen LogP contribution < -0.4 is 14.8 Å². The molecule has 24 heavy (non-hydrogen) atoms. The minimum absolute atomic E-state index is 0.0246. The number of H-pyrrole nitrogens is 1. The first-order valence-electron chi connectivity index (χ1n) is 7.38. The fourth-order valence-corrected chi connectivity index (χ4v) is 2.80. The average molecular weight is 345 g/mol. The van der Waals surface area contributed by atoms with Gasteiger partial charge in [-0.25, -0.2) is 0 Å². The van der Waals surface area contributed by atoms with E-state index in [0.717, 1.165) is 10.9 Å². The van der Waals surface area contributed by atoms with Crippen molar-refractivity contribution in [3.8, 4) is 11.5 Å². The summed E-state index contributed by atoms with van der Waals surface area (Å²) in [5.41, 5.74) is 2.23. The molecule has 0 unspecified atom stereocenters. The number of aromatic amines is 1. The van der Waals surface area contributed by atoms with E-state index in [1.54, 1.807) is 25.4 Å². The molecule has 1 heterocycles. The zero-order valence-corrected chi connectivity index (χ0v) is 14.1. The Morgan fingerprint density at radius 2 is 1.92 bits per heavy atom. The van der Waals surface area contributed by atoms with Gasteiger partial charge in [0, 0.05) is 34.8 Å². The Labute approximate surface area is 144 Å². The molecular weight excluding hydrogens is 328 g/mol. The van der Waals surface area contributed by atoms with E-state index in [-0.39, 0.29) is 12.3 Å². The van der Waals surface area contributed by atoms with Gasteiger partial charge in [-0.15, -0.1) is 0 Å². The number of carbonyl (C=O) groups excluding carboxylic acids is 1.